The molecular weight excluding hydrogens is 248 g/mol. The van der Waals surface area contributed by atoms with Gasteiger partial charge in [0.05, 0.1) is 12.2 Å². The molecule has 0 aromatic heterocycles. The predicted octanol–water partition coefficient (Wildman–Crippen LogP) is 0.830. The van der Waals surface area contributed by atoms with E-state index in [4.69, 9.17) is 14.9 Å². The summed E-state index contributed by atoms with van der Waals surface area (Å²) >= 11 is 0. The molecule has 0 aliphatic rings. The third-order valence-corrected chi connectivity index (χ3v) is 3.08. The van der Waals surface area contributed by atoms with E-state index < -0.39 is 12.2 Å². The first kappa shape index (κ1) is 18.8. The molecule has 0 saturated heterocycles. The van der Waals surface area contributed by atoms with E-state index in [1.54, 1.807) is 0 Å². The Hall–Kier alpha value is -0.200. The van der Waals surface area contributed by atoms with Gasteiger partial charge < -0.3 is 25.2 Å². The van der Waals surface area contributed by atoms with Gasteiger partial charge in [-0.1, -0.05) is 0 Å². The molecular formula is C14H30O5. The lowest BCUT2D eigenvalue weighted by atomic mass is 10.1. The third-order valence-electron chi connectivity index (χ3n) is 3.08. The van der Waals surface area contributed by atoms with E-state index in [0.717, 1.165) is 38.5 Å². The van der Waals surface area contributed by atoms with Crippen LogP contribution in [0.4, 0.5) is 0 Å². The number of unbranched alkanes of at least 4 members (excludes halogenated alkanes) is 2. The lowest BCUT2D eigenvalue weighted by molar-refractivity contribution is 0.0990. The second-order valence-electron chi connectivity index (χ2n) is 4.94. The quantitative estimate of drug-likeness (QED) is 0.353. The number of aliphatic hydroxyl groups excluding tert-OH is 4. The Labute approximate surface area is 116 Å². The summed E-state index contributed by atoms with van der Waals surface area (Å²) in [4.78, 5) is 0. The Kier molecular flexibility index (Phi) is 14.1. The zero-order valence-electron chi connectivity index (χ0n) is 11.8. The second-order valence-corrected chi connectivity index (χ2v) is 4.94. The topological polar surface area (TPSA) is 90.2 Å². The highest BCUT2D eigenvalue weighted by atomic mass is 16.5. The molecule has 0 aliphatic heterocycles. The maximum atomic E-state index is 9.38. The van der Waals surface area contributed by atoms with Gasteiger partial charge in [-0.3, -0.25) is 0 Å². The Bertz CT molecular complexity index is 159. The summed E-state index contributed by atoms with van der Waals surface area (Å²) in [6, 6.07) is 0. The van der Waals surface area contributed by atoms with Crippen LogP contribution in [0.25, 0.3) is 0 Å². The zero-order valence-corrected chi connectivity index (χ0v) is 11.8. The van der Waals surface area contributed by atoms with E-state index in [9.17, 15) is 10.2 Å². The van der Waals surface area contributed by atoms with Crippen LogP contribution in [0.2, 0.25) is 0 Å². The highest BCUT2D eigenvalue weighted by molar-refractivity contribution is 4.56. The van der Waals surface area contributed by atoms with Gasteiger partial charge in [-0.05, 0) is 51.4 Å². The molecule has 0 aliphatic carbocycles. The number of ether oxygens (including phenoxy) is 1. The van der Waals surface area contributed by atoms with Crippen molar-refractivity contribution in [1.29, 1.82) is 0 Å². The van der Waals surface area contributed by atoms with E-state index in [2.05, 4.69) is 0 Å². The van der Waals surface area contributed by atoms with Crippen LogP contribution in [0.1, 0.15) is 51.4 Å². The van der Waals surface area contributed by atoms with Crippen molar-refractivity contribution >= 4 is 0 Å². The largest absolute Gasteiger partial charge is 0.396 e. The molecule has 0 rings (SSSR count). The van der Waals surface area contributed by atoms with Gasteiger partial charge in [0.15, 0.2) is 0 Å². The SMILES string of the molecule is OCCC(O)CCCCOCCCCC(O)CCO. The fraction of sp³-hybridized carbons (Fsp3) is 1.00. The fourth-order valence-corrected chi connectivity index (χ4v) is 1.86. The normalized spacial score (nSPS) is 14.5. The summed E-state index contributed by atoms with van der Waals surface area (Å²) in [7, 11) is 0. The molecule has 5 nitrogen and oxygen atoms in total. The summed E-state index contributed by atoms with van der Waals surface area (Å²) in [6.45, 7) is 1.48. The highest BCUT2D eigenvalue weighted by Gasteiger charge is 2.03. The number of hydrogen-bond donors (Lipinski definition) is 4. The average Bonchev–Trinajstić information content (AvgIpc) is 2.37. The second kappa shape index (κ2) is 14.2. The molecule has 0 aromatic rings. The number of rotatable bonds is 14. The number of hydrogen-bond acceptors (Lipinski definition) is 5. The van der Waals surface area contributed by atoms with Crippen molar-refractivity contribution in [3.8, 4) is 0 Å². The van der Waals surface area contributed by atoms with E-state index in [0.29, 0.717) is 26.1 Å². The monoisotopic (exact) mass is 278 g/mol. The van der Waals surface area contributed by atoms with Gasteiger partial charge in [0, 0.05) is 26.4 Å². The lowest BCUT2D eigenvalue weighted by Crippen LogP contribution is -2.09. The average molecular weight is 278 g/mol. The predicted molar refractivity (Wildman–Crippen MR) is 73.9 cm³/mol. The number of aliphatic hydroxyl groups is 4. The van der Waals surface area contributed by atoms with Gasteiger partial charge >= 0.3 is 0 Å². The van der Waals surface area contributed by atoms with Crippen molar-refractivity contribution < 1.29 is 25.2 Å². The van der Waals surface area contributed by atoms with Gasteiger partial charge in [-0.2, -0.15) is 0 Å². The highest BCUT2D eigenvalue weighted by Crippen LogP contribution is 2.06. The van der Waals surface area contributed by atoms with Gasteiger partial charge in [0.1, 0.15) is 0 Å². The maximum absolute atomic E-state index is 9.38. The first-order valence-electron chi connectivity index (χ1n) is 7.36. The summed E-state index contributed by atoms with van der Waals surface area (Å²) in [5.74, 6) is 0. The van der Waals surface area contributed by atoms with E-state index in [-0.39, 0.29) is 13.2 Å². The Balaban J connectivity index is 3.10. The molecule has 5 heteroatoms. The van der Waals surface area contributed by atoms with E-state index in [1.807, 2.05) is 0 Å². The molecule has 116 valence electrons. The first-order valence-corrected chi connectivity index (χ1v) is 7.36. The zero-order chi connectivity index (χ0) is 14.3. The molecule has 4 N–H and O–H groups in total. The smallest absolute Gasteiger partial charge is 0.0562 e. The molecule has 0 saturated carbocycles. The minimum atomic E-state index is -0.391. The molecule has 0 heterocycles. The van der Waals surface area contributed by atoms with Gasteiger partial charge in [-0.25, -0.2) is 0 Å². The van der Waals surface area contributed by atoms with E-state index >= 15 is 0 Å². The van der Waals surface area contributed by atoms with Crippen LogP contribution >= 0.6 is 0 Å². The first-order chi connectivity index (χ1) is 9.20. The van der Waals surface area contributed by atoms with Crippen molar-refractivity contribution in [2.24, 2.45) is 0 Å². The summed E-state index contributed by atoms with van der Waals surface area (Å²) < 4.78 is 5.46. The maximum Gasteiger partial charge on any atom is 0.0562 e. The molecule has 0 fully saturated rings. The van der Waals surface area contributed by atoms with Crippen LogP contribution in [0, 0.1) is 0 Å². The van der Waals surface area contributed by atoms with Crippen LogP contribution in [-0.2, 0) is 4.74 Å². The Morgan fingerprint density at radius 1 is 0.632 bits per heavy atom. The Morgan fingerprint density at radius 2 is 1.05 bits per heavy atom. The van der Waals surface area contributed by atoms with Crippen molar-refractivity contribution in [1.82, 2.24) is 0 Å². The van der Waals surface area contributed by atoms with Crippen LogP contribution < -0.4 is 0 Å². The minimum Gasteiger partial charge on any atom is -0.396 e. The van der Waals surface area contributed by atoms with Crippen LogP contribution in [0.15, 0.2) is 0 Å². The van der Waals surface area contributed by atoms with Crippen LogP contribution in [0.3, 0.4) is 0 Å². The molecule has 2 atom stereocenters. The third kappa shape index (κ3) is 14.0. The van der Waals surface area contributed by atoms with Crippen molar-refractivity contribution in [3.05, 3.63) is 0 Å². The summed E-state index contributed by atoms with van der Waals surface area (Å²) in [6.07, 6.45) is 5.25. The Morgan fingerprint density at radius 3 is 1.42 bits per heavy atom. The van der Waals surface area contributed by atoms with Crippen molar-refractivity contribution in [2.75, 3.05) is 26.4 Å². The van der Waals surface area contributed by atoms with Crippen molar-refractivity contribution in [3.63, 3.8) is 0 Å². The van der Waals surface area contributed by atoms with Crippen LogP contribution in [-0.4, -0.2) is 59.1 Å². The standard InChI is InChI=1S/C14H30O5/c15-9-7-13(17)5-1-3-11-19-12-4-2-6-14(18)8-10-16/h13-18H,1-12H2. The van der Waals surface area contributed by atoms with Crippen molar-refractivity contribution in [2.45, 2.75) is 63.6 Å². The summed E-state index contributed by atoms with van der Waals surface area (Å²) in [5.41, 5.74) is 0. The molecule has 19 heavy (non-hydrogen) atoms. The van der Waals surface area contributed by atoms with E-state index in [1.165, 1.54) is 0 Å². The fourth-order valence-electron chi connectivity index (χ4n) is 1.86. The lowest BCUT2D eigenvalue weighted by Gasteiger charge is -2.09. The molecule has 0 amide bonds. The minimum absolute atomic E-state index is 0.0415. The summed E-state index contributed by atoms with van der Waals surface area (Å²) in [5, 5.41) is 36.0. The molecule has 0 bridgehead atoms. The molecule has 0 aromatic carbocycles. The van der Waals surface area contributed by atoms with Gasteiger partial charge in [0.25, 0.3) is 0 Å². The van der Waals surface area contributed by atoms with Crippen LogP contribution in [0.5, 0.6) is 0 Å². The molecule has 0 spiro atoms. The molecule has 0 radical (unpaired) electrons. The van der Waals surface area contributed by atoms with Gasteiger partial charge in [0.2, 0.25) is 0 Å². The molecule has 2 unspecified atom stereocenters. The van der Waals surface area contributed by atoms with Gasteiger partial charge in [-0.15, -0.1) is 0 Å².